The number of methoxy groups -OCH3 is 1. The van der Waals surface area contributed by atoms with Crippen molar-refractivity contribution in [3.05, 3.63) is 12.2 Å². The Kier molecular flexibility index (Phi) is 3.47. The summed E-state index contributed by atoms with van der Waals surface area (Å²) in [6.45, 7) is 0.394. The van der Waals surface area contributed by atoms with Gasteiger partial charge in [-0.3, -0.25) is 9.69 Å². The van der Waals surface area contributed by atoms with E-state index in [0.717, 1.165) is 0 Å². The zero-order valence-electron chi connectivity index (χ0n) is 7.84. The highest BCUT2D eigenvalue weighted by Crippen LogP contribution is 2.08. The van der Waals surface area contributed by atoms with E-state index in [9.17, 15) is 9.59 Å². The van der Waals surface area contributed by atoms with Gasteiger partial charge in [-0.05, 0) is 0 Å². The van der Waals surface area contributed by atoms with Gasteiger partial charge in [0.25, 0.3) is 0 Å². The van der Waals surface area contributed by atoms with Crippen LogP contribution >= 0.6 is 0 Å². The number of nitrogens with one attached hydrogen (secondary N) is 1. The van der Waals surface area contributed by atoms with Crippen LogP contribution in [0.15, 0.2) is 12.2 Å². The van der Waals surface area contributed by atoms with Crippen molar-refractivity contribution < 1.29 is 14.3 Å². The maximum Gasteiger partial charge on any atom is 0.411 e. The van der Waals surface area contributed by atoms with Crippen molar-refractivity contribution in [3.63, 3.8) is 0 Å². The molecule has 0 saturated carbocycles. The van der Waals surface area contributed by atoms with E-state index in [4.69, 9.17) is 5.73 Å². The average Bonchev–Trinajstić information content (AvgIpc) is 2.20. The first-order valence-electron chi connectivity index (χ1n) is 4.17. The second kappa shape index (κ2) is 4.61. The Balaban J connectivity index is 2.69. The summed E-state index contributed by atoms with van der Waals surface area (Å²) in [7, 11) is 1.29. The van der Waals surface area contributed by atoms with Gasteiger partial charge < -0.3 is 15.8 Å². The molecule has 6 heteroatoms. The van der Waals surface area contributed by atoms with Gasteiger partial charge in [-0.2, -0.15) is 0 Å². The van der Waals surface area contributed by atoms with E-state index in [1.807, 2.05) is 0 Å². The minimum atomic E-state index is -0.586. The number of ether oxygens (including phenoxy) is 1. The lowest BCUT2D eigenvalue weighted by atomic mass is 10.1. The molecule has 2 atom stereocenters. The number of hydrogen-bond donors (Lipinski definition) is 2. The Morgan fingerprint density at radius 1 is 1.79 bits per heavy atom. The van der Waals surface area contributed by atoms with Crippen LogP contribution in [0.5, 0.6) is 0 Å². The summed E-state index contributed by atoms with van der Waals surface area (Å²) in [5, 5.41) is 2.50. The van der Waals surface area contributed by atoms with Crippen molar-refractivity contribution in [1.29, 1.82) is 0 Å². The normalized spacial score (nSPS) is 25.7. The maximum atomic E-state index is 11.2. The van der Waals surface area contributed by atoms with E-state index >= 15 is 0 Å². The lowest BCUT2D eigenvalue weighted by molar-refractivity contribution is -0.110. The van der Waals surface area contributed by atoms with Crippen molar-refractivity contribution in [2.24, 2.45) is 5.73 Å². The van der Waals surface area contributed by atoms with Crippen LogP contribution in [0.4, 0.5) is 4.79 Å². The summed E-state index contributed by atoms with van der Waals surface area (Å²) >= 11 is 0. The second-order valence-electron chi connectivity index (χ2n) is 2.85. The largest absolute Gasteiger partial charge is 0.453 e. The molecule has 0 saturated heterocycles. The minimum absolute atomic E-state index is 0.361. The molecule has 0 aromatic heterocycles. The molecule has 0 radical (unpaired) electrons. The monoisotopic (exact) mass is 199 g/mol. The van der Waals surface area contributed by atoms with E-state index in [0.29, 0.717) is 13.0 Å². The predicted octanol–water partition coefficient (Wildman–Crippen LogP) is -0.976. The first-order chi connectivity index (χ1) is 6.70. The van der Waals surface area contributed by atoms with Crippen molar-refractivity contribution in [2.45, 2.75) is 12.2 Å². The van der Waals surface area contributed by atoms with Gasteiger partial charge in [0.2, 0.25) is 6.41 Å². The molecule has 78 valence electrons. The number of hydrogen-bond acceptors (Lipinski definition) is 4. The summed E-state index contributed by atoms with van der Waals surface area (Å²) in [5.74, 6) is 0. The number of carbonyl (C=O) groups excluding carboxylic acids is 2. The standard InChI is InChI=1S/C8H13N3O3/c1-14-8(13)11-4-2-3-6(7(11)9)10-5-12/h2-3,5-7H,4,9H2,1H3,(H,10,12). The number of carbonyl (C=O) groups is 2. The van der Waals surface area contributed by atoms with E-state index in [2.05, 4.69) is 10.1 Å². The fourth-order valence-electron chi connectivity index (χ4n) is 1.30. The van der Waals surface area contributed by atoms with Gasteiger partial charge in [-0.1, -0.05) is 12.2 Å². The van der Waals surface area contributed by atoms with Gasteiger partial charge in [0.05, 0.1) is 13.2 Å². The van der Waals surface area contributed by atoms with Gasteiger partial charge in [-0.25, -0.2) is 4.79 Å². The van der Waals surface area contributed by atoms with E-state index in [1.165, 1.54) is 12.0 Å². The Hall–Kier alpha value is -1.56. The Labute approximate surface area is 81.7 Å². The third-order valence-electron chi connectivity index (χ3n) is 2.04. The lowest BCUT2D eigenvalue weighted by Crippen LogP contribution is -2.58. The molecule has 1 aliphatic rings. The zero-order valence-corrected chi connectivity index (χ0v) is 7.84. The van der Waals surface area contributed by atoms with E-state index in [1.54, 1.807) is 12.2 Å². The van der Waals surface area contributed by atoms with Gasteiger partial charge in [0.15, 0.2) is 0 Å². The molecule has 6 nitrogen and oxygen atoms in total. The Morgan fingerprint density at radius 2 is 2.50 bits per heavy atom. The van der Waals surface area contributed by atoms with E-state index < -0.39 is 12.3 Å². The molecule has 2 unspecified atom stereocenters. The third-order valence-corrected chi connectivity index (χ3v) is 2.04. The SMILES string of the molecule is COC(=O)N1CC=CC(NC=O)C1N. The zero-order chi connectivity index (χ0) is 10.6. The molecule has 1 heterocycles. The molecule has 0 bridgehead atoms. The molecule has 1 aliphatic heterocycles. The molecule has 2 amide bonds. The van der Waals surface area contributed by atoms with Crippen LogP contribution in [-0.2, 0) is 9.53 Å². The average molecular weight is 199 g/mol. The minimum Gasteiger partial charge on any atom is -0.453 e. The first-order valence-corrected chi connectivity index (χ1v) is 4.17. The Bertz CT molecular complexity index is 254. The van der Waals surface area contributed by atoms with E-state index in [-0.39, 0.29) is 6.04 Å². The van der Waals surface area contributed by atoms with Crippen LogP contribution in [0.25, 0.3) is 0 Å². The lowest BCUT2D eigenvalue weighted by Gasteiger charge is -2.33. The van der Waals surface area contributed by atoms with Crippen LogP contribution < -0.4 is 11.1 Å². The van der Waals surface area contributed by atoms with Crippen molar-refractivity contribution in [2.75, 3.05) is 13.7 Å². The quantitative estimate of drug-likeness (QED) is 0.442. The number of rotatable bonds is 2. The molecule has 1 rings (SSSR count). The summed E-state index contributed by atoms with van der Waals surface area (Å²) in [6.07, 6.45) is 2.97. The molecule has 14 heavy (non-hydrogen) atoms. The molecular weight excluding hydrogens is 186 g/mol. The van der Waals surface area contributed by atoms with Crippen molar-refractivity contribution in [1.82, 2.24) is 10.2 Å². The summed E-state index contributed by atoms with van der Waals surface area (Å²) < 4.78 is 4.54. The number of amides is 2. The first kappa shape index (κ1) is 10.5. The molecule has 0 aliphatic carbocycles. The summed E-state index contributed by atoms with van der Waals surface area (Å²) in [6, 6.07) is -0.361. The summed E-state index contributed by atoms with van der Waals surface area (Å²) in [4.78, 5) is 22.8. The maximum absolute atomic E-state index is 11.2. The highest BCUT2D eigenvalue weighted by molar-refractivity contribution is 5.68. The molecule has 0 aromatic rings. The third kappa shape index (κ3) is 2.02. The Morgan fingerprint density at radius 3 is 3.07 bits per heavy atom. The molecule has 0 spiro atoms. The molecular formula is C8H13N3O3. The highest BCUT2D eigenvalue weighted by atomic mass is 16.5. The van der Waals surface area contributed by atoms with Gasteiger partial charge in [-0.15, -0.1) is 0 Å². The molecule has 3 N–H and O–H groups in total. The van der Waals surface area contributed by atoms with Gasteiger partial charge in [0.1, 0.15) is 6.17 Å². The van der Waals surface area contributed by atoms with Crippen molar-refractivity contribution in [3.8, 4) is 0 Å². The van der Waals surface area contributed by atoms with Crippen molar-refractivity contribution >= 4 is 12.5 Å². The number of nitrogens with two attached hydrogens (primary N) is 1. The van der Waals surface area contributed by atoms with Crippen LogP contribution in [0, 0.1) is 0 Å². The van der Waals surface area contributed by atoms with Crippen LogP contribution in [-0.4, -0.2) is 43.3 Å². The fraction of sp³-hybridized carbons (Fsp3) is 0.500. The van der Waals surface area contributed by atoms with Crippen LogP contribution in [0.2, 0.25) is 0 Å². The van der Waals surface area contributed by atoms with Crippen LogP contribution in [0.3, 0.4) is 0 Å². The fourth-order valence-corrected chi connectivity index (χ4v) is 1.30. The van der Waals surface area contributed by atoms with Crippen LogP contribution in [0.1, 0.15) is 0 Å². The predicted molar refractivity (Wildman–Crippen MR) is 49.2 cm³/mol. The smallest absolute Gasteiger partial charge is 0.411 e. The topological polar surface area (TPSA) is 84.7 Å². The molecule has 0 aromatic carbocycles. The summed E-state index contributed by atoms with van der Waals surface area (Å²) in [5.41, 5.74) is 5.74. The number of nitrogens with zero attached hydrogens (tertiary/aromatic N) is 1. The van der Waals surface area contributed by atoms with Gasteiger partial charge >= 0.3 is 6.09 Å². The molecule has 0 fully saturated rings. The highest BCUT2D eigenvalue weighted by Gasteiger charge is 2.28. The van der Waals surface area contributed by atoms with Gasteiger partial charge in [0, 0.05) is 6.54 Å². The second-order valence-corrected chi connectivity index (χ2v) is 2.85.